The Morgan fingerprint density at radius 2 is 1.70 bits per heavy atom. The number of nitrogens with one attached hydrogen (secondary N) is 1. The average molecular weight is 630 g/mol. The zero-order valence-electron chi connectivity index (χ0n) is 23.2. The summed E-state index contributed by atoms with van der Waals surface area (Å²) in [6.45, 7) is 0.769. The SMILES string of the molecule is C#CCN(CCNC(=O)c1ccc(Sc2ccc(F)cc2)c([N+](=O)[O-])c1)CCOC(=O)c1ccc(C2(C(F)(F)F)CC2)cc1. The van der Waals surface area contributed by atoms with E-state index in [1.165, 1.54) is 66.7 Å². The highest BCUT2D eigenvalue weighted by molar-refractivity contribution is 7.99. The summed E-state index contributed by atoms with van der Waals surface area (Å²) in [7, 11) is 0. The van der Waals surface area contributed by atoms with Crippen molar-refractivity contribution >= 4 is 29.3 Å². The molecule has 0 heterocycles. The Bertz CT molecular complexity index is 1550. The van der Waals surface area contributed by atoms with Gasteiger partial charge < -0.3 is 10.1 Å². The number of ether oxygens (including phenoxy) is 1. The first-order chi connectivity index (χ1) is 20.9. The minimum absolute atomic E-state index is 0.0238. The Morgan fingerprint density at radius 3 is 2.30 bits per heavy atom. The van der Waals surface area contributed by atoms with E-state index < -0.39 is 34.2 Å². The van der Waals surface area contributed by atoms with Crippen molar-refractivity contribution in [2.45, 2.75) is 34.2 Å². The third kappa shape index (κ3) is 7.94. The monoisotopic (exact) mass is 629 g/mol. The second kappa shape index (κ2) is 13.9. The number of esters is 1. The number of nitro benzene ring substituents is 1. The van der Waals surface area contributed by atoms with Crippen molar-refractivity contribution in [3.8, 4) is 12.3 Å². The fourth-order valence-corrected chi connectivity index (χ4v) is 5.38. The predicted octanol–water partition coefficient (Wildman–Crippen LogP) is 6.00. The number of carbonyl (C=O) groups is 2. The lowest BCUT2D eigenvalue weighted by molar-refractivity contribution is -0.387. The third-order valence-corrected chi connectivity index (χ3v) is 8.17. The van der Waals surface area contributed by atoms with Crippen molar-refractivity contribution in [2.24, 2.45) is 0 Å². The van der Waals surface area contributed by atoms with Crippen molar-refractivity contribution < 1.29 is 36.8 Å². The van der Waals surface area contributed by atoms with Crippen LogP contribution in [0.1, 0.15) is 39.1 Å². The Hall–Kier alpha value is -4.41. The van der Waals surface area contributed by atoms with Crippen molar-refractivity contribution in [3.63, 3.8) is 0 Å². The van der Waals surface area contributed by atoms with Crippen LogP contribution in [0.2, 0.25) is 0 Å². The second-order valence-electron chi connectivity index (χ2n) is 10.0. The molecule has 0 unspecified atom stereocenters. The first-order valence-corrected chi connectivity index (χ1v) is 14.3. The molecule has 3 aromatic carbocycles. The lowest BCUT2D eigenvalue weighted by Crippen LogP contribution is -2.37. The van der Waals surface area contributed by atoms with Crippen LogP contribution in [0.4, 0.5) is 23.2 Å². The molecule has 3 aromatic rings. The van der Waals surface area contributed by atoms with Gasteiger partial charge >= 0.3 is 12.1 Å². The molecular formula is C31H27F4N3O5S. The predicted molar refractivity (Wildman–Crippen MR) is 155 cm³/mol. The summed E-state index contributed by atoms with van der Waals surface area (Å²) in [4.78, 5) is 38.8. The van der Waals surface area contributed by atoms with E-state index >= 15 is 0 Å². The van der Waals surface area contributed by atoms with Gasteiger partial charge in [0.15, 0.2) is 0 Å². The summed E-state index contributed by atoms with van der Waals surface area (Å²) < 4.78 is 58.4. The van der Waals surface area contributed by atoms with E-state index in [2.05, 4.69) is 11.2 Å². The number of nitro groups is 1. The van der Waals surface area contributed by atoms with Crippen LogP contribution in [-0.2, 0) is 10.2 Å². The molecule has 13 heteroatoms. The van der Waals surface area contributed by atoms with Crippen molar-refractivity contribution in [1.29, 1.82) is 0 Å². The van der Waals surface area contributed by atoms with Gasteiger partial charge in [0.25, 0.3) is 11.6 Å². The summed E-state index contributed by atoms with van der Waals surface area (Å²) in [5.74, 6) is 0.816. The molecule has 0 aromatic heterocycles. The number of carbonyl (C=O) groups excluding carboxylic acids is 2. The summed E-state index contributed by atoms with van der Waals surface area (Å²) in [6.07, 6.45) is 1.13. The number of amides is 1. The van der Waals surface area contributed by atoms with Crippen LogP contribution in [0.15, 0.2) is 76.5 Å². The van der Waals surface area contributed by atoms with E-state index in [9.17, 15) is 37.3 Å². The maximum atomic E-state index is 13.3. The maximum Gasteiger partial charge on any atom is 0.398 e. The lowest BCUT2D eigenvalue weighted by atomic mass is 9.94. The van der Waals surface area contributed by atoms with Gasteiger partial charge in [0.05, 0.1) is 27.3 Å². The number of hydrogen-bond donors (Lipinski definition) is 1. The summed E-state index contributed by atoms with van der Waals surface area (Å²) in [5, 5.41) is 14.3. The van der Waals surface area contributed by atoms with Crippen LogP contribution < -0.4 is 5.32 Å². The largest absolute Gasteiger partial charge is 0.461 e. The topological polar surface area (TPSA) is 102 Å². The molecule has 1 saturated carbocycles. The van der Waals surface area contributed by atoms with Gasteiger partial charge in [-0.3, -0.25) is 19.8 Å². The number of nitrogens with zero attached hydrogens (tertiary/aromatic N) is 2. The fourth-order valence-electron chi connectivity index (χ4n) is 4.48. The number of rotatable bonds is 13. The summed E-state index contributed by atoms with van der Waals surface area (Å²) >= 11 is 1.07. The standard InChI is InChI=1S/C31H27F4N3O5S/c1-2-16-37(18-19-43-29(40)21-3-6-23(7-4-21)30(13-14-30)31(33,34)35)17-15-36-28(39)22-5-12-27(26(20-22)38(41)42)44-25-10-8-24(32)9-11-25/h1,3-12,20H,13-19H2,(H,36,39). The highest BCUT2D eigenvalue weighted by Crippen LogP contribution is 2.58. The fraction of sp³-hybridized carbons (Fsp3) is 0.290. The van der Waals surface area contributed by atoms with Crippen LogP contribution in [0.3, 0.4) is 0 Å². The molecule has 1 aliphatic rings. The van der Waals surface area contributed by atoms with E-state index in [4.69, 9.17) is 11.2 Å². The normalized spacial score (nSPS) is 13.6. The maximum absolute atomic E-state index is 13.3. The molecule has 44 heavy (non-hydrogen) atoms. The number of benzene rings is 3. The van der Waals surface area contributed by atoms with Gasteiger partial charge in [0, 0.05) is 36.2 Å². The molecule has 1 aliphatic carbocycles. The first kappa shape index (κ1) is 32.5. The van der Waals surface area contributed by atoms with E-state index in [-0.39, 0.29) is 72.9 Å². The molecule has 0 bridgehead atoms. The molecule has 0 radical (unpaired) electrons. The Labute approximate surface area is 254 Å². The Balaban J connectivity index is 1.26. The summed E-state index contributed by atoms with van der Waals surface area (Å²) in [6, 6.07) is 14.8. The molecule has 1 amide bonds. The van der Waals surface area contributed by atoms with Gasteiger partial charge in [-0.15, -0.1) is 6.42 Å². The average Bonchev–Trinajstić information content (AvgIpc) is 3.81. The highest BCUT2D eigenvalue weighted by Gasteiger charge is 2.64. The second-order valence-corrected chi connectivity index (χ2v) is 11.1. The Morgan fingerprint density at radius 1 is 1.05 bits per heavy atom. The number of alkyl halides is 3. The molecule has 230 valence electrons. The van der Waals surface area contributed by atoms with Gasteiger partial charge in [-0.2, -0.15) is 13.2 Å². The van der Waals surface area contributed by atoms with Crippen LogP contribution in [0, 0.1) is 28.3 Å². The van der Waals surface area contributed by atoms with E-state index in [1.54, 1.807) is 4.90 Å². The van der Waals surface area contributed by atoms with E-state index in [1.807, 2.05) is 0 Å². The Kier molecular flexibility index (Phi) is 10.3. The van der Waals surface area contributed by atoms with Crippen molar-refractivity contribution in [1.82, 2.24) is 10.2 Å². The van der Waals surface area contributed by atoms with Gasteiger partial charge in [-0.05, 0) is 66.9 Å². The third-order valence-electron chi connectivity index (χ3n) is 7.09. The summed E-state index contributed by atoms with van der Waals surface area (Å²) in [5.41, 5.74) is -1.78. The minimum atomic E-state index is -4.34. The molecule has 1 N–H and O–H groups in total. The van der Waals surface area contributed by atoms with Gasteiger partial charge in [0.2, 0.25) is 0 Å². The molecule has 8 nitrogen and oxygen atoms in total. The molecular weight excluding hydrogens is 602 g/mol. The number of terminal acetylenes is 1. The zero-order chi connectivity index (χ0) is 31.9. The highest BCUT2D eigenvalue weighted by atomic mass is 32.2. The molecule has 4 rings (SSSR count). The lowest BCUT2D eigenvalue weighted by Gasteiger charge is -2.20. The van der Waals surface area contributed by atoms with Crippen molar-refractivity contribution in [2.75, 3.05) is 32.8 Å². The smallest absolute Gasteiger partial charge is 0.398 e. The van der Waals surface area contributed by atoms with Crippen molar-refractivity contribution in [3.05, 3.63) is 99.4 Å². The number of hydrogen-bond acceptors (Lipinski definition) is 7. The van der Waals surface area contributed by atoms with Crippen LogP contribution in [0.25, 0.3) is 0 Å². The number of halogens is 4. The van der Waals surface area contributed by atoms with Gasteiger partial charge in [0.1, 0.15) is 12.4 Å². The van der Waals surface area contributed by atoms with Crippen LogP contribution in [-0.4, -0.2) is 60.7 Å². The zero-order valence-corrected chi connectivity index (χ0v) is 24.1. The molecule has 0 saturated heterocycles. The minimum Gasteiger partial charge on any atom is -0.461 e. The van der Waals surface area contributed by atoms with E-state index in [0.717, 1.165) is 11.8 Å². The molecule has 0 aliphatic heterocycles. The quantitative estimate of drug-likeness (QED) is 0.0814. The molecule has 0 spiro atoms. The van der Waals surface area contributed by atoms with E-state index in [0.29, 0.717) is 4.90 Å². The van der Waals surface area contributed by atoms with Gasteiger partial charge in [-0.25, -0.2) is 9.18 Å². The molecule has 1 fully saturated rings. The molecule has 0 atom stereocenters. The van der Waals surface area contributed by atoms with Gasteiger partial charge in [-0.1, -0.05) is 29.8 Å². The van der Waals surface area contributed by atoms with Crippen LogP contribution in [0.5, 0.6) is 0 Å². The van der Waals surface area contributed by atoms with Crippen LogP contribution >= 0.6 is 11.8 Å². The first-order valence-electron chi connectivity index (χ1n) is 13.4.